The van der Waals surface area contributed by atoms with E-state index < -0.39 is 0 Å². The Kier molecular flexibility index (Phi) is 3.14. The third kappa shape index (κ3) is 2.13. The Balaban J connectivity index is 1.77. The minimum absolute atomic E-state index is 0.286. The van der Waals surface area contributed by atoms with Gasteiger partial charge in [0.1, 0.15) is 0 Å². The molecule has 1 aliphatic heterocycles. The number of methoxy groups -OCH3 is 1. The number of ether oxygens (including phenoxy) is 3. The molecule has 106 valence electrons. The lowest BCUT2D eigenvalue weighted by atomic mass is 10.2. The van der Waals surface area contributed by atoms with Crippen molar-refractivity contribution >= 4 is 5.69 Å². The van der Waals surface area contributed by atoms with E-state index in [0.29, 0.717) is 6.54 Å². The number of nitrogens with one attached hydrogen (secondary N) is 1. The predicted molar refractivity (Wildman–Crippen MR) is 74.4 cm³/mol. The van der Waals surface area contributed by atoms with Crippen LogP contribution in [0, 0.1) is 6.92 Å². The monoisotopic (exact) mass is 275 g/mol. The molecule has 1 aromatic heterocycles. The van der Waals surface area contributed by atoms with Crippen LogP contribution in [0.4, 0.5) is 5.69 Å². The van der Waals surface area contributed by atoms with Crippen LogP contribution in [0.25, 0.3) is 0 Å². The minimum atomic E-state index is 0.286. The van der Waals surface area contributed by atoms with Crippen molar-refractivity contribution in [3.8, 4) is 17.4 Å². The molecule has 0 saturated carbocycles. The predicted octanol–water partition coefficient (Wildman–Crippen LogP) is 2.08. The standard InChI is InChI=1S/C14H17N3O3/c1-9-11(14(18-3)17(2)16-9)7-15-10-4-5-12-13(6-10)20-8-19-12/h4-6,15H,7-8H2,1-3H3. The molecular formula is C14H17N3O3. The average molecular weight is 275 g/mol. The van der Waals surface area contributed by atoms with Crippen LogP contribution in [0.3, 0.4) is 0 Å². The molecule has 0 bridgehead atoms. The molecular weight excluding hydrogens is 258 g/mol. The molecule has 0 unspecified atom stereocenters. The number of nitrogens with zero attached hydrogens (tertiary/aromatic N) is 2. The van der Waals surface area contributed by atoms with Crippen molar-refractivity contribution in [3.05, 3.63) is 29.5 Å². The van der Waals surface area contributed by atoms with Crippen molar-refractivity contribution in [1.29, 1.82) is 0 Å². The topological polar surface area (TPSA) is 57.5 Å². The number of aryl methyl sites for hydroxylation is 2. The second kappa shape index (κ2) is 4.96. The zero-order chi connectivity index (χ0) is 14.1. The number of hydrogen-bond donors (Lipinski definition) is 1. The van der Waals surface area contributed by atoms with E-state index in [9.17, 15) is 0 Å². The lowest BCUT2D eigenvalue weighted by molar-refractivity contribution is 0.174. The molecule has 0 spiro atoms. The van der Waals surface area contributed by atoms with E-state index >= 15 is 0 Å². The maximum absolute atomic E-state index is 5.38. The quantitative estimate of drug-likeness (QED) is 0.925. The Bertz CT molecular complexity index is 637. The van der Waals surface area contributed by atoms with E-state index in [1.165, 1.54) is 0 Å². The second-order valence-electron chi connectivity index (χ2n) is 4.62. The summed E-state index contributed by atoms with van der Waals surface area (Å²) >= 11 is 0. The Labute approximate surface area is 117 Å². The number of hydrogen-bond acceptors (Lipinski definition) is 5. The number of aromatic nitrogens is 2. The first kappa shape index (κ1) is 12.7. The van der Waals surface area contributed by atoms with Gasteiger partial charge in [-0.15, -0.1) is 0 Å². The van der Waals surface area contributed by atoms with Gasteiger partial charge in [-0.3, -0.25) is 0 Å². The first-order valence-corrected chi connectivity index (χ1v) is 6.39. The molecule has 1 aromatic carbocycles. The maximum atomic E-state index is 5.38. The molecule has 1 aliphatic rings. The van der Waals surface area contributed by atoms with Gasteiger partial charge in [0, 0.05) is 25.3 Å². The van der Waals surface area contributed by atoms with Gasteiger partial charge >= 0.3 is 0 Å². The van der Waals surface area contributed by atoms with Crippen molar-refractivity contribution in [3.63, 3.8) is 0 Å². The minimum Gasteiger partial charge on any atom is -0.481 e. The van der Waals surface area contributed by atoms with E-state index in [4.69, 9.17) is 14.2 Å². The number of rotatable bonds is 4. The highest BCUT2D eigenvalue weighted by atomic mass is 16.7. The summed E-state index contributed by atoms with van der Waals surface area (Å²) in [5, 5.41) is 7.71. The molecule has 2 heterocycles. The van der Waals surface area contributed by atoms with Gasteiger partial charge < -0.3 is 19.5 Å². The Morgan fingerprint density at radius 3 is 2.95 bits per heavy atom. The molecule has 6 heteroatoms. The van der Waals surface area contributed by atoms with Crippen LogP contribution in [0.15, 0.2) is 18.2 Å². The lowest BCUT2D eigenvalue weighted by Crippen LogP contribution is -2.02. The van der Waals surface area contributed by atoms with E-state index in [-0.39, 0.29) is 6.79 Å². The Morgan fingerprint density at radius 1 is 1.35 bits per heavy atom. The molecule has 2 aromatic rings. The summed E-state index contributed by atoms with van der Waals surface area (Å²) in [5.41, 5.74) is 2.98. The van der Waals surface area contributed by atoms with Gasteiger partial charge in [0.15, 0.2) is 11.5 Å². The van der Waals surface area contributed by atoms with E-state index in [0.717, 1.165) is 34.3 Å². The van der Waals surface area contributed by atoms with Crippen molar-refractivity contribution < 1.29 is 14.2 Å². The highest BCUT2D eigenvalue weighted by Gasteiger charge is 2.15. The van der Waals surface area contributed by atoms with Gasteiger partial charge in [-0.25, -0.2) is 4.68 Å². The van der Waals surface area contributed by atoms with Crippen molar-refractivity contribution in [2.75, 3.05) is 19.2 Å². The normalized spacial score (nSPS) is 12.6. The zero-order valence-corrected chi connectivity index (χ0v) is 11.8. The molecule has 20 heavy (non-hydrogen) atoms. The van der Waals surface area contributed by atoms with Crippen LogP contribution in [-0.4, -0.2) is 23.7 Å². The number of benzene rings is 1. The van der Waals surface area contributed by atoms with Gasteiger partial charge in [-0.05, 0) is 19.1 Å². The fourth-order valence-electron chi connectivity index (χ4n) is 2.34. The SMILES string of the molecule is COc1c(CNc2ccc3c(c2)OCO3)c(C)nn1C. The van der Waals surface area contributed by atoms with Crippen LogP contribution in [-0.2, 0) is 13.6 Å². The van der Waals surface area contributed by atoms with Crippen molar-refractivity contribution in [1.82, 2.24) is 9.78 Å². The largest absolute Gasteiger partial charge is 0.481 e. The third-order valence-electron chi connectivity index (χ3n) is 3.32. The van der Waals surface area contributed by atoms with Gasteiger partial charge in [-0.1, -0.05) is 0 Å². The van der Waals surface area contributed by atoms with Crippen LogP contribution in [0.1, 0.15) is 11.3 Å². The first-order chi connectivity index (χ1) is 9.69. The van der Waals surface area contributed by atoms with Gasteiger partial charge in [0.25, 0.3) is 0 Å². The van der Waals surface area contributed by atoms with Gasteiger partial charge in [0.05, 0.1) is 18.4 Å². The zero-order valence-electron chi connectivity index (χ0n) is 11.8. The summed E-state index contributed by atoms with van der Waals surface area (Å²) in [6.07, 6.45) is 0. The molecule has 0 radical (unpaired) electrons. The summed E-state index contributed by atoms with van der Waals surface area (Å²) in [4.78, 5) is 0. The fraction of sp³-hybridized carbons (Fsp3) is 0.357. The highest BCUT2D eigenvalue weighted by Crippen LogP contribution is 2.34. The molecule has 0 amide bonds. The van der Waals surface area contributed by atoms with Crippen molar-refractivity contribution in [2.24, 2.45) is 7.05 Å². The average Bonchev–Trinajstić information content (AvgIpc) is 2.99. The summed E-state index contributed by atoms with van der Waals surface area (Å²) in [7, 11) is 3.52. The Morgan fingerprint density at radius 2 is 2.15 bits per heavy atom. The molecule has 0 atom stereocenters. The first-order valence-electron chi connectivity index (χ1n) is 6.39. The van der Waals surface area contributed by atoms with Crippen LogP contribution in [0.5, 0.6) is 17.4 Å². The van der Waals surface area contributed by atoms with Crippen molar-refractivity contribution in [2.45, 2.75) is 13.5 Å². The molecule has 1 N–H and O–H groups in total. The number of anilines is 1. The third-order valence-corrected chi connectivity index (χ3v) is 3.32. The van der Waals surface area contributed by atoms with E-state index in [1.807, 2.05) is 32.2 Å². The summed E-state index contributed by atoms with van der Waals surface area (Å²) in [6.45, 7) is 2.90. The van der Waals surface area contributed by atoms with Gasteiger partial charge in [0.2, 0.25) is 12.7 Å². The smallest absolute Gasteiger partial charge is 0.231 e. The number of fused-ring (bicyclic) bond motifs is 1. The highest BCUT2D eigenvalue weighted by molar-refractivity contribution is 5.56. The summed E-state index contributed by atoms with van der Waals surface area (Å²) in [5.74, 6) is 2.33. The molecule has 0 fully saturated rings. The van der Waals surface area contributed by atoms with Crippen LogP contribution in [0.2, 0.25) is 0 Å². The van der Waals surface area contributed by atoms with Crippen LogP contribution >= 0.6 is 0 Å². The molecule has 3 rings (SSSR count). The van der Waals surface area contributed by atoms with E-state index in [1.54, 1.807) is 11.8 Å². The lowest BCUT2D eigenvalue weighted by Gasteiger charge is -2.08. The Hall–Kier alpha value is -2.37. The summed E-state index contributed by atoms with van der Waals surface area (Å²) in [6, 6.07) is 5.80. The molecule has 0 aliphatic carbocycles. The summed E-state index contributed by atoms with van der Waals surface area (Å²) < 4.78 is 17.8. The fourth-order valence-corrected chi connectivity index (χ4v) is 2.34. The second-order valence-corrected chi connectivity index (χ2v) is 4.62. The van der Waals surface area contributed by atoms with Crippen LogP contribution < -0.4 is 19.5 Å². The van der Waals surface area contributed by atoms with Gasteiger partial charge in [-0.2, -0.15) is 5.10 Å². The van der Waals surface area contributed by atoms with E-state index in [2.05, 4.69) is 10.4 Å². The molecule has 0 saturated heterocycles. The molecule has 6 nitrogen and oxygen atoms in total. The maximum Gasteiger partial charge on any atom is 0.231 e.